The fraction of sp³-hybridized carbons (Fsp3) is 0.0870. The number of nitrogens with one attached hydrogen (secondary N) is 1. The number of para-hydroxylation sites is 1. The lowest BCUT2D eigenvalue weighted by Crippen LogP contribution is -2.54. The third-order valence-corrected chi connectivity index (χ3v) is 5.77. The highest BCUT2D eigenvalue weighted by atomic mass is 127. The molecule has 2 heterocycles. The molecule has 2 aromatic carbocycles. The van der Waals surface area contributed by atoms with Crippen LogP contribution < -0.4 is 10.2 Å². The zero-order valence-corrected chi connectivity index (χ0v) is 18.8. The van der Waals surface area contributed by atoms with Crippen molar-refractivity contribution in [3.8, 4) is 5.69 Å². The molecule has 1 N–H and O–H groups in total. The number of carbonyl (C=O) groups excluding carboxylic acids is 3. The van der Waals surface area contributed by atoms with Crippen LogP contribution in [-0.2, 0) is 9.59 Å². The van der Waals surface area contributed by atoms with Crippen LogP contribution in [0.4, 0.5) is 14.9 Å². The quantitative estimate of drug-likeness (QED) is 0.309. The topological polar surface area (TPSA) is 71.4 Å². The Morgan fingerprint density at radius 3 is 2.35 bits per heavy atom. The first-order chi connectivity index (χ1) is 14.8. The highest BCUT2D eigenvalue weighted by Gasteiger charge is 2.38. The van der Waals surface area contributed by atoms with Gasteiger partial charge in [-0.2, -0.15) is 0 Å². The van der Waals surface area contributed by atoms with Crippen LogP contribution in [0.25, 0.3) is 11.8 Å². The van der Waals surface area contributed by atoms with Gasteiger partial charge in [0.15, 0.2) is 0 Å². The van der Waals surface area contributed by atoms with Gasteiger partial charge >= 0.3 is 6.03 Å². The fourth-order valence-electron chi connectivity index (χ4n) is 3.59. The van der Waals surface area contributed by atoms with Gasteiger partial charge in [-0.1, -0.05) is 12.1 Å². The number of carbonyl (C=O) groups is 3. The zero-order valence-electron chi connectivity index (χ0n) is 16.6. The molecule has 0 aliphatic carbocycles. The lowest BCUT2D eigenvalue weighted by atomic mass is 10.1. The molecule has 4 rings (SSSR count). The van der Waals surface area contributed by atoms with Gasteiger partial charge in [0.2, 0.25) is 0 Å². The van der Waals surface area contributed by atoms with E-state index in [1.165, 1.54) is 24.3 Å². The molecule has 1 aliphatic rings. The summed E-state index contributed by atoms with van der Waals surface area (Å²) in [5, 5.41) is 2.12. The number of nitrogens with zero attached hydrogens (tertiary/aromatic N) is 2. The normalized spacial score (nSPS) is 15.5. The highest BCUT2D eigenvalue weighted by Crippen LogP contribution is 2.27. The third-order valence-electron chi connectivity index (χ3n) is 5.05. The van der Waals surface area contributed by atoms with Gasteiger partial charge in [0.25, 0.3) is 11.8 Å². The molecular weight excluding hydrogens is 512 g/mol. The minimum Gasteiger partial charge on any atom is -0.318 e. The van der Waals surface area contributed by atoms with Crippen LogP contribution in [0, 0.1) is 23.2 Å². The first-order valence-electron chi connectivity index (χ1n) is 9.39. The standard InChI is InChI=1S/C23H17FIN3O3/c1-13-11-15(14(2)27(13)17-9-7-16(25)8-10-17)12-18-21(29)26-23(31)28(22(18)30)20-6-4-3-5-19(20)24/h3-12H,1-2H3,(H,26,29,31)/b18-12+. The van der Waals surface area contributed by atoms with E-state index < -0.39 is 23.7 Å². The number of aryl methyl sites for hydroxylation is 1. The van der Waals surface area contributed by atoms with Gasteiger partial charge in [0, 0.05) is 20.6 Å². The number of benzene rings is 2. The number of rotatable bonds is 3. The lowest BCUT2D eigenvalue weighted by Gasteiger charge is -2.26. The summed E-state index contributed by atoms with van der Waals surface area (Å²) in [4.78, 5) is 38.4. The first-order valence-corrected chi connectivity index (χ1v) is 10.5. The molecule has 0 unspecified atom stereocenters. The number of barbiturate groups is 1. The molecule has 4 amide bonds. The van der Waals surface area contributed by atoms with Crippen LogP contribution in [0.15, 0.2) is 60.2 Å². The van der Waals surface area contributed by atoms with Gasteiger partial charge in [-0.3, -0.25) is 14.9 Å². The highest BCUT2D eigenvalue weighted by molar-refractivity contribution is 14.1. The van der Waals surface area contributed by atoms with Crippen molar-refractivity contribution in [2.45, 2.75) is 13.8 Å². The minimum atomic E-state index is -0.985. The molecule has 8 heteroatoms. The van der Waals surface area contributed by atoms with E-state index in [1.807, 2.05) is 48.7 Å². The Balaban J connectivity index is 1.77. The molecular formula is C23H17FIN3O3. The van der Waals surface area contributed by atoms with Gasteiger partial charge in [-0.05, 0) is 90.5 Å². The van der Waals surface area contributed by atoms with Crippen molar-refractivity contribution in [2.24, 2.45) is 0 Å². The second-order valence-electron chi connectivity index (χ2n) is 7.05. The van der Waals surface area contributed by atoms with Gasteiger partial charge in [-0.25, -0.2) is 14.1 Å². The molecule has 3 aromatic rings. The van der Waals surface area contributed by atoms with Gasteiger partial charge in [0.05, 0.1) is 5.69 Å². The third kappa shape index (κ3) is 3.78. The number of anilines is 1. The van der Waals surface area contributed by atoms with E-state index in [9.17, 15) is 18.8 Å². The van der Waals surface area contributed by atoms with E-state index in [2.05, 4.69) is 27.9 Å². The predicted molar refractivity (Wildman–Crippen MR) is 123 cm³/mol. The molecule has 0 saturated carbocycles. The molecule has 31 heavy (non-hydrogen) atoms. The molecule has 0 atom stereocenters. The monoisotopic (exact) mass is 529 g/mol. The smallest absolute Gasteiger partial charge is 0.318 e. The maximum absolute atomic E-state index is 14.2. The summed E-state index contributed by atoms with van der Waals surface area (Å²) in [5.41, 5.74) is 2.87. The molecule has 0 spiro atoms. The molecule has 0 bridgehead atoms. The summed E-state index contributed by atoms with van der Waals surface area (Å²) in [6.07, 6.45) is 1.43. The maximum atomic E-state index is 14.2. The Bertz CT molecular complexity index is 1260. The zero-order chi connectivity index (χ0) is 22.3. The number of halogens is 2. The van der Waals surface area contributed by atoms with E-state index in [4.69, 9.17) is 0 Å². The van der Waals surface area contributed by atoms with E-state index in [1.54, 1.807) is 0 Å². The predicted octanol–water partition coefficient (Wildman–Crippen LogP) is 4.50. The number of hydrogen-bond donors (Lipinski definition) is 1. The Hall–Kier alpha value is -3.27. The van der Waals surface area contributed by atoms with Crippen molar-refractivity contribution < 1.29 is 18.8 Å². The van der Waals surface area contributed by atoms with E-state index in [0.29, 0.717) is 10.5 Å². The average molecular weight is 529 g/mol. The van der Waals surface area contributed by atoms with Crippen molar-refractivity contribution in [1.29, 1.82) is 0 Å². The Labute approximate surface area is 191 Å². The van der Waals surface area contributed by atoms with E-state index >= 15 is 0 Å². The van der Waals surface area contributed by atoms with Crippen molar-refractivity contribution in [3.05, 3.63) is 86.5 Å². The summed E-state index contributed by atoms with van der Waals surface area (Å²) in [7, 11) is 0. The molecule has 0 radical (unpaired) electrons. The average Bonchev–Trinajstić information content (AvgIpc) is 3.00. The number of imide groups is 2. The van der Waals surface area contributed by atoms with Crippen LogP contribution in [0.1, 0.15) is 17.0 Å². The van der Waals surface area contributed by atoms with E-state index in [-0.39, 0.29) is 11.3 Å². The molecule has 1 aliphatic heterocycles. The van der Waals surface area contributed by atoms with Crippen LogP contribution in [0.3, 0.4) is 0 Å². The maximum Gasteiger partial charge on any atom is 0.336 e. The molecule has 156 valence electrons. The Morgan fingerprint density at radius 1 is 1.00 bits per heavy atom. The second kappa shape index (κ2) is 8.10. The van der Waals surface area contributed by atoms with Crippen molar-refractivity contribution in [1.82, 2.24) is 9.88 Å². The fourth-order valence-corrected chi connectivity index (χ4v) is 3.95. The van der Waals surface area contributed by atoms with Crippen LogP contribution in [-0.4, -0.2) is 22.4 Å². The Kier molecular flexibility index (Phi) is 5.48. The Morgan fingerprint density at radius 2 is 1.68 bits per heavy atom. The number of aromatic nitrogens is 1. The van der Waals surface area contributed by atoms with Gasteiger partial charge < -0.3 is 4.57 Å². The van der Waals surface area contributed by atoms with Crippen molar-refractivity contribution in [3.63, 3.8) is 0 Å². The largest absolute Gasteiger partial charge is 0.336 e. The SMILES string of the molecule is Cc1cc(/C=C2\C(=O)NC(=O)N(c3ccccc3F)C2=O)c(C)n1-c1ccc(I)cc1. The van der Waals surface area contributed by atoms with Crippen LogP contribution in [0.2, 0.25) is 0 Å². The van der Waals surface area contributed by atoms with E-state index in [0.717, 1.165) is 26.7 Å². The lowest BCUT2D eigenvalue weighted by molar-refractivity contribution is -0.122. The first kappa shape index (κ1) is 21.0. The summed E-state index contributed by atoms with van der Waals surface area (Å²) < 4.78 is 17.3. The van der Waals surface area contributed by atoms with Crippen LogP contribution >= 0.6 is 22.6 Å². The molecule has 6 nitrogen and oxygen atoms in total. The van der Waals surface area contributed by atoms with Crippen LogP contribution in [0.5, 0.6) is 0 Å². The second-order valence-corrected chi connectivity index (χ2v) is 8.29. The molecule has 1 fully saturated rings. The van der Waals surface area contributed by atoms with Gasteiger partial charge in [-0.15, -0.1) is 0 Å². The van der Waals surface area contributed by atoms with Gasteiger partial charge in [0.1, 0.15) is 11.4 Å². The minimum absolute atomic E-state index is 0.215. The number of amides is 4. The molecule has 1 aromatic heterocycles. The summed E-state index contributed by atoms with van der Waals surface area (Å²) >= 11 is 2.23. The summed E-state index contributed by atoms with van der Waals surface area (Å²) in [5.74, 6) is -2.43. The summed E-state index contributed by atoms with van der Waals surface area (Å²) in [6, 6.07) is 14.2. The summed E-state index contributed by atoms with van der Waals surface area (Å²) in [6.45, 7) is 3.80. The molecule has 1 saturated heterocycles. The number of hydrogen-bond acceptors (Lipinski definition) is 3. The van der Waals surface area contributed by atoms with Crippen molar-refractivity contribution in [2.75, 3.05) is 4.90 Å². The number of urea groups is 1. The van der Waals surface area contributed by atoms with Crippen molar-refractivity contribution >= 4 is 52.2 Å².